The Balaban J connectivity index is 1.62. The zero-order chi connectivity index (χ0) is 21.2. The van der Waals surface area contributed by atoms with Crippen molar-refractivity contribution in [2.45, 2.75) is 39.2 Å². The Kier molecular flexibility index (Phi) is 6.64. The molecule has 0 unspecified atom stereocenters. The second kappa shape index (κ2) is 8.84. The standard InChI is InChI=1S/C21H26Cl2N2O4/c1-21(2,3)29-20(26)25-7-5-13(6-8-25)12-28-18-11-16-14(9-17(18)27-4)15(22)10-19(23)24-16/h9-11,13H,5-8,12H2,1-4H3. The van der Waals surface area contributed by atoms with E-state index in [1.807, 2.05) is 20.8 Å². The van der Waals surface area contributed by atoms with Crippen LogP contribution in [0.5, 0.6) is 11.5 Å². The van der Waals surface area contributed by atoms with E-state index in [1.165, 1.54) is 0 Å². The molecule has 1 amide bonds. The molecule has 0 N–H and O–H groups in total. The van der Waals surface area contributed by atoms with Gasteiger partial charge in [-0.3, -0.25) is 0 Å². The van der Waals surface area contributed by atoms with Crippen molar-refractivity contribution in [2.24, 2.45) is 5.92 Å². The molecular formula is C21H26Cl2N2O4. The maximum Gasteiger partial charge on any atom is 0.410 e. The molecule has 158 valence electrons. The Bertz CT molecular complexity index is 890. The zero-order valence-electron chi connectivity index (χ0n) is 17.1. The molecule has 0 saturated carbocycles. The SMILES string of the molecule is COc1cc2c(Cl)cc(Cl)nc2cc1OCC1CCN(C(=O)OC(C)(C)C)CC1. The number of hydrogen-bond acceptors (Lipinski definition) is 5. The van der Waals surface area contributed by atoms with Gasteiger partial charge in [-0.15, -0.1) is 0 Å². The molecule has 3 rings (SSSR count). The first-order valence-corrected chi connectivity index (χ1v) is 10.4. The summed E-state index contributed by atoms with van der Waals surface area (Å²) < 4.78 is 16.9. The molecular weight excluding hydrogens is 415 g/mol. The molecule has 1 aromatic heterocycles. The fourth-order valence-electron chi connectivity index (χ4n) is 3.25. The molecule has 29 heavy (non-hydrogen) atoms. The van der Waals surface area contributed by atoms with Crippen molar-refractivity contribution in [3.8, 4) is 11.5 Å². The van der Waals surface area contributed by atoms with Gasteiger partial charge >= 0.3 is 6.09 Å². The van der Waals surface area contributed by atoms with Crippen LogP contribution in [0.1, 0.15) is 33.6 Å². The first kappa shape index (κ1) is 21.8. The summed E-state index contributed by atoms with van der Waals surface area (Å²) in [7, 11) is 1.59. The van der Waals surface area contributed by atoms with E-state index in [1.54, 1.807) is 30.2 Å². The van der Waals surface area contributed by atoms with Crippen molar-refractivity contribution in [1.82, 2.24) is 9.88 Å². The maximum absolute atomic E-state index is 12.2. The monoisotopic (exact) mass is 440 g/mol. The molecule has 0 spiro atoms. The van der Waals surface area contributed by atoms with Crippen LogP contribution in [0.2, 0.25) is 10.2 Å². The van der Waals surface area contributed by atoms with E-state index in [2.05, 4.69) is 4.98 Å². The Morgan fingerprint density at radius 3 is 2.48 bits per heavy atom. The minimum absolute atomic E-state index is 0.257. The van der Waals surface area contributed by atoms with Gasteiger partial charge < -0.3 is 19.1 Å². The van der Waals surface area contributed by atoms with Gasteiger partial charge in [-0.05, 0) is 51.7 Å². The van der Waals surface area contributed by atoms with Crippen LogP contribution in [0.25, 0.3) is 10.9 Å². The van der Waals surface area contributed by atoms with Crippen LogP contribution in [0, 0.1) is 5.92 Å². The number of nitrogens with zero attached hydrogens (tertiary/aromatic N) is 2. The largest absolute Gasteiger partial charge is 0.493 e. The maximum atomic E-state index is 12.2. The molecule has 6 nitrogen and oxygen atoms in total. The number of likely N-dealkylation sites (tertiary alicyclic amines) is 1. The summed E-state index contributed by atoms with van der Waals surface area (Å²) >= 11 is 12.3. The highest BCUT2D eigenvalue weighted by atomic mass is 35.5. The topological polar surface area (TPSA) is 60.9 Å². The first-order valence-electron chi connectivity index (χ1n) is 9.61. The van der Waals surface area contributed by atoms with Gasteiger partial charge in [-0.25, -0.2) is 9.78 Å². The van der Waals surface area contributed by atoms with E-state index >= 15 is 0 Å². The quantitative estimate of drug-likeness (QED) is 0.580. The number of piperidine rings is 1. The molecule has 1 aliphatic heterocycles. The van der Waals surface area contributed by atoms with Crippen LogP contribution in [0.15, 0.2) is 18.2 Å². The van der Waals surface area contributed by atoms with Gasteiger partial charge in [0.1, 0.15) is 10.8 Å². The van der Waals surface area contributed by atoms with Crippen molar-refractivity contribution in [3.63, 3.8) is 0 Å². The number of benzene rings is 1. The van der Waals surface area contributed by atoms with Gasteiger partial charge in [-0.2, -0.15) is 0 Å². The number of hydrogen-bond donors (Lipinski definition) is 0. The molecule has 8 heteroatoms. The van der Waals surface area contributed by atoms with E-state index in [0.717, 1.165) is 18.2 Å². The number of rotatable bonds is 4. The third-order valence-electron chi connectivity index (χ3n) is 4.75. The number of pyridine rings is 1. The van der Waals surface area contributed by atoms with Gasteiger partial charge in [0.15, 0.2) is 11.5 Å². The lowest BCUT2D eigenvalue weighted by Gasteiger charge is -2.33. The van der Waals surface area contributed by atoms with Gasteiger partial charge in [0.05, 0.1) is 24.3 Å². The molecule has 0 aliphatic carbocycles. The average molecular weight is 441 g/mol. The fourth-order valence-corrected chi connectivity index (χ4v) is 3.76. The predicted octanol–water partition coefficient (Wildman–Crippen LogP) is 5.58. The van der Waals surface area contributed by atoms with Crippen LogP contribution >= 0.6 is 23.2 Å². The third-order valence-corrected chi connectivity index (χ3v) is 5.26. The molecule has 1 aromatic carbocycles. The van der Waals surface area contributed by atoms with Crippen molar-refractivity contribution < 1.29 is 19.0 Å². The summed E-state index contributed by atoms with van der Waals surface area (Å²) in [4.78, 5) is 18.3. The van der Waals surface area contributed by atoms with Crippen LogP contribution in [-0.2, 0) is 4.74 Å². The lowest BCUT2D eigenvalue weighted by molar-refractivity contribution is 0.0164. The number of halogens is 2. The zero-order valence-corrected chi connectivity index (χ0v) is 18.6. The lowest BCUT2D eigenvalue weighted by Crippen LogP contribution is -2.42. The van der Waals surface area contributed by atoms with Crippen LogP contribution in [0.4, 0.5) is 4.79 Å². The number of methoxy groups -OCH3 is 1. The number of fused-ring (bicyclic) bond motifs is 1. The van der Waals surface area contributed by atoms with Gasteiger partial charge in [0.2, 0.25) is 0 Å². The summed E-state index contributed by atoms with van der Waals surface area (Å²) in [6.45, 7) is 7.46. The lowest BCUT2D eigenvalue weighted by atomic mass is 9.98. The van der Waals surface area contributed by atoms with Crippen LogP contribution < -0.4 is 9.47 Å². The van der Waals surface area contributed by atoms with Gasteiger partial charge in [0.25, 0.3) is 0 Å². The van der Waals surface area contributed by atoms with Crippen molar-refractivity contribution >= 4 is 40.2 Å². The molecule has 2 aromatic rings. The molecule has 0 atom stereocenters. The van der Waals surface area contributed by atoms with Crippen LogP contribution in [0.3, 0.4) is 0 Å². The summed E-state index contributed by atoms with van der Waals surface area (Å²) in [5.74, 6) is 1.53. The molecule has 0 bridgehead atoms. The summed E-state index contributed by atoms with van der Waals surface area (Å²) in [5, 5.41) is 1.60. The minimum atomic E-state index is -0.483. The number of amides is 1. The average Bonchev–Trinajstić information content (AvgIpc) is 2.64. The Morgan fingerprint density at radius 2 is 1.86 bits per heavy atom. The Labute approximate surface area is 181 Å². The highest BCUT2D eigenvalue weighted by Crippen LogP contribution is 2.36. The van der Waals surface area contributed by atoms with Crippen molar-refractivity contribution in [3.05, 3.63) is 28.4 Å². The van der Waals surface area contributed by atoms with Crippen molar-refractivity contribution in [2.75, 3.05) is 26.8 Å². The van der Waals surface area contributed by atoms with E-state index in [-0.39, 0.29) is 6.09 Å². The van der Waals surface area contributed by atoms with Gasteiger partial charge in [0, 0.05) is 24.5 Å². The van der Waals surface area contributed by atoms with E-state index < -0.39 is 5.60 Å². The van der Waals surface area contributed by atoms with E-state index in [4.69, 9.17) is 37.4 Å². The highest BCUT2D eigenvalue weighted by Gasteiger charge is 2.27. The summed E-state index contributed by atoms with van der Waals surface area (Å²) in [5.41, 5.74) is 0.168. The smallest absolute Gasteiger partial charge is 0.410 e. The number of aromatic nitrogens is 1. The Morgan fingerprint density at radius 1 is 1.17 bits per heavy atom. The minimum Gasteiger partial charge on any atom is -0.493 e. The third kappa shape index (κ3) is 5.58. The second-order valence-corrected chi connectivity index (χ2v) is 8.96. The molecule has 1 saturated heterocycles. The molecule has 2 heterocycles. The van der Waals surface area contributed by atoms with Gasteiger partial charge in [-0.1, -0.05) is 23.2 Å². The number of carbonyl (C=O) groups excluding carboxylic acids is 1. The van der Waals surface area contributed by atoms with E-state index in [9.17, 15) is 4.79 Å². The normalized spacial score (nSPS) is 15.4. The Hall–Kier alpha value is -1.92. The number of ether oxygens (including phenoxy) is 3. The van der Waals surface area contributed by atoms with Crippen molar-refractivity contribution in [1.29, 1.82) is 0 Å². The molecule has 1 fully saturated rings. The molecule has 0 radical (unpaired) electrons. The van der Waals surface area contributed by atoms with Crippen LogP contribution in [-0.4, -0.2) is 48.4 Å². The predicted molar refractivity (Wildman–Crippen MR) is 114 cm³/mol. The highest BCUT2D eigenvalue weighted by molar-refractivity contribution is 6.37. The first-order chi connectivity index (χ1) is 13.7. The summed E-state index contributed by atoms with van der Waals surface area (Å²) in [6.07, 6.45) is 1.45. The summed E-state index contributed by atoms with van der Waals surface area (Å²) in [6, 6.07) is 5.20. The fraction of sp³-hybridized carbons (Fsp3) is 0.524. The second-order valence-electron chi connectivity index (χ2n) is 8.17. The number of carbonyl (C=O) groups is 1. The molecule has 1 aliphatic rings. The van der Waals surface area contributed by atoms with E-state index in [0.29, 0.717) is 52.8 Å².